The van der Waals surface area contributed by atoms with E-state index in [2.05, 4.69) is 10.2 Å². The summed E-state index contributed by atoms with van der Waals surface area (Å²) in [4.78, 5) is 20.8. The molecule has 0 radical (unpaired) electrons. The molecule has 4 heterocycles. The molecule has 3 aliphatic heterocycles. The average molecular weight is 572 g/mol. The summed E-state index contributed by atoms with van der Waals surface area (Å²) in [6.07, 6.45) is 1.51. The van der Waals surface area contributed by atoms with E-state index < -0.39 is 0 Å². The predicted molar refractivity (Wildman–Crippen MR) is 160 cm³/mol. The Balaban J connectivity index is 1.53. The van der Waals surface area contributed by atoms with Gasteiger partial charge in [-0.05, 0) is 26.7 Å². The van der Waals surface area contributed by atoms with E-state index in [4.69, 9.17) is 52.1 Å². The minimum Gasteiger partial charge on any atom is -0.492 e. The highest BCUT2D eigenvalue weighted by atomic mass is 16.5. The first-order valence-corrected chi connectivity index (χ1v) is 14.6. The number of ether oxygens (including phenoxy) is 3. The number of anilines is 5. The Kier molecular flexibility index (Phi) is 9.45. The highest BCUT2D eigenvalue weighted by molar-refractivity contribution is 5.74. The number of nitrogens with one attached hydrogen (secondary N) is 1. The monoisotopic (exact) mass is 571 g/mol. The highest BCUT2D eigenvalue weighted by Crippen LogP contribution is 2.40. The third-order valence-electron chi connectivity index (χ3n) is 7.47. The molecular weight excluding hydrogens is 526 g/mol. The van der Waals surface area contributed by atoms with Crippen molar-refractivity contribution in [3.05, 3.63) is 12.1 Å². The first-order chi connectivity index (χ1) is 19.8. The number of nitrogens with two attached hydrogens (primary N) is 4. The van der Waals surface area contributed by atoms with E-state index in [0.29, 0.717) is 81.9 Å². The third-order valence-corrected chi connectivity index (χ3v) is 7.47. The van der Waals surface area contributed by atoms with Crippen molar-refractivity contribution < 1.29 is 14.2 Å². The molecule has 2 aromatic rings. The second kappa shape index (κ2) is 13.2. The van der Waals surface area contributed by atoms with Crippen LogP contribution in [0.25, 0.3) is 0 Å². The van der Waals surface area contributed by atoms with Crippen LogP contribution in [0.3, 0.4) is 0 Å². The summed E-state index contributed by atoms with van der Waals surface area (Å²) < 4.78 is 17.7. The number of benzene rings is 1. The van der Waals surface area contributed by atoms with Crippen LogP contribution in [0.4, 0.5) is 29.2 Å². The van der Waals surface area contributed by atoms with Crippen LogP contribution in [-0.4, -0.2) is 105 Å². The predicted octanol–water partition coefficient (Wildman–Crippen LogP) is -0.0214. The minimum absolute atomic E-state index is 0.0711. The number of aromatic nitrogens is 3. The van der Waals surface area contributed by atoms with E-state index in [1.807, 2.05) is 35.8 Å². The number of rotatable bonds is 9. The summed E-state index contributed by atoms with van der Waals surface area (Å²) >= 11 is 0. The van der Waals surface area contributed by atoms with Crippen LogP contribution in [-0.2, 0) is 4.74 Å². The topological polar surface area (TPSA) is 192 Å². The van der Waals surface area contributed by atoms with Crippen molar-refractivity contribution in [3.63, 3.8) is 0 Å². The number of piperidine rings is 2. The first kappa shape index (κ1) is 29.3. The van der Waals surface area contributed by atoms with Crippen LogP contribution in [0, 0.1) is 0 Å². The smallest absolute Gasteiger partial charge is 0.233 e. The summed E-state index contributed by atoms with van der Waals surface area (Å²) in [5, 5.41) is 3.40. The van der Waals surface area contributed by atoms with Gasteiger partial charge in [-0.3, -0.25) is 0 Å². The van der Waals surface area contributed by atoms with Gasteiger partial charge in [-0.2, -0.15) is 15.0 Å². The highest BCUT2D eigenvalue weighted by Gasteiger charge is 2.29. The molecule has 3 fully saturated rings. The molecule has 5 rings (SSSR count). The van der Waals surface area contributed by atoms with Crippen molar-refractivity contribution in [2.75, 3.05) is 85.7 Å². The molecule has 3 saturated heterocycles. The standard InChI is InChI=1S/C27H45N11O3/c1-3-40-23-12-22(36-5-7-39-8-6-36)24(41-4-2)11-21(23)32-25-33-26(37-13-17(28)9-18(29)14-37)35-27(34-25)38-15-19(30)10-20(31)16-38/h11-12,17-20H,3-10,13-16,28-31H2,1-2H3,(H,32,33,34,35). The lowest BCUT2D eigenvalue weighted by molar-refractivity contribution is 0.122. The zero-order chi connectivity index (χ0) is 28.9. The van der Waals surface area contributed by atoms with Crippen molar-refractivity contribution in [2.24, 2.45) is 22.9 Å². The molecule has 9 N–H and O–H groups in total. The molecule has 4 unspecified atom stereocenters. The van der Waals surface area contributed by atoms with Crippen molar-refractivity contribution >= 4 is 29.2 Å². The molecule has 0 spiro atoms. The van der Waals surface area contributed by atoms with Crippen molar-refractivity contribution in [2.45, 2.75) is 50.9 Å². The largest absolute Gasteiger partial charge is 0.492 e. The Labute approximate surface area is 241 Å². The first-order valence-electron chi connectivity index (χ1n) is 14.6. The van der Waals surface area contributed by atoms with E-state index in [9.17, 15) is 0 Å². The Morgan fingerprint density at radius 1 is 0.756 bits per heavy atom. The van der Waals surface area contributed by atoms with E-state index >= 15 is 0 Å². The summed E-state index contributed by atoms with van der Waals surface area (Å²) in [6, 6.07) is 3.67. The molecule has 0 bridgehead atoms. The van der Waals surface area contributed by atoms with Gasteiger partial charge in [-0.1, -0.05) is 0 Å². The van der Waals surface area contributed by atoms with Crippen LogP contribution >= 0.6 is 0 Å². The van der Waals surface area contributed by atoms with E-state index in [1.165, 1.54) is 0 Å². The fraction of sp³-hybridized carbons (Fsp3) is 0.667. The molecule has 41 heavy (non-hydrogen) atoms. The Bertz CT molecular complexity index is 1100. The lowest BCUT2D eigenvalue weighted by Crippen LogP contribution is -2.54. The third kappa shape index (κ3) is 7.19. The zero-order valence-electron chi connectivity index (χ0n) is 24.2. The molecule has 0 saturated carbocycles. The van der Waals surface area contributed by atoms with Crippen molar-refractivity contribution in [1.82, 2.24) is 15.0 Å². The average Bonchev–Trinajstić information content (AvgIpc) is 2.94. The quantitative estimate of drug-likeness (QED) is 0.270. The molecule has 3 aliphatic rings. The molecule has 0 amide bonds. The van der Waals surface area contributed by atoms with Gasteiger partial charge in [0.05, 0.1) is 37.8 Å². The van der Waals surface area contributed by atoms with Gasteiger partial charge >= 0.3 is 0 Å². The van der Waals surface area contributed by atoms with Crippen LogP contribution in [0.15, 0.2) is 12.1 Å². The Hall–Kier alpha value is -3.17. The van der Waals surface area contributed by atoms with Crippen LogP contribution < -0.4 is 52.4 Å². The maximum atomic E-state index is 6.31. The summed E-state index contributed by atoms with van der Waals surface area (Å²) in [7, 11) is 0. The number of nitrogens with zero attached hydrogens (tertiary/aromatic N) is 6. The summed E-state index contributed by atoms with van der Waals surface area (Å²) in [6.45, 7) is 10.2. The van der Waals surface area contributed by atoms with Crippen molar-refractivity contribution in [1.29, 1.82) is 0 Å². The maximum Gasteiger partial charge on any atom is 0.233 e. The molecule has 226 valence electrons. The lowest BCUT2D eigenvalue weighted by atomic mass is 10.0. The van der Waals surface area contributed by atoms with Gasteiger partial charge < -0.3 is 57.2 Å². The molecule has 14 heteroatoms. The molecule has 1 aromatic carbocycles. The number of morpholine rings is 1. The van der Waals surface area contributed by atoms with Gasteiger partial charge in [-0.25, -0.2) is 0 Å². The van der Waals surface area contributed by atoms with Crippen LogP contribution in [0.2, 0.25) is 0 Å². The minimum atomic E-state index is -0.0711. The van der Waals surface area contributed by atoms with E-state index in [1.54, 1.807) is 0 Å². The van der Waals surface area contributed by atoms with Gasteiger partial charge in [0.1, 0.15) is 11.5 Å². The van der Waals surface area contributed by atoms with Gasteiger partial charge in [0.2, 0.25) is 17.8 Å². The molecule has 14 nitrogen and oxygen atoms in total. The van der Waals surface area contributed by atoms with Gasteiger partial charge in [-0.15, -0.1) is 0 Å². The number of hydrogen-bond acceptors (Lipinski definition) is 14. The fourth-order valence-electron chi connectivity index (χ4n) is 5.74. The zero-order valence-corrected chi connectivity index (χ0v) is 24.2. The van der Waals surface area contributed by atoms with E-state index in [0.717, 1.165) is 37.4 Å². The van der Waals surface area contributed by atoms with Gasteiger partial charge in [0.25, 0.3) is 0 Å². The molecule has 1 aromatic heterocycles. The normalized spacial score (nSPS) is 25.3. The second-order valence-corrected chi connectivity index (χ2v) is 11.0. The van der Waals surface area contributed by atoms with Gasteiger partial charge in [0.15, 0.2) is 0 Å². The maximum absolute atomic E-state index is 6.31. The SMILES string of the molecule is CCOc1cc(N2CCOCC2)c(OCC)cc1Nc1nc(N2CC(N)CC(N)C2)nc(N2CC(N)CC(N)C2)n1. The van der Waals surface area contributed by atoms with E-state index in [-0.39, 0.29) is 24.2 Å². The van der Waals surface area contributed by atoms with Gasteiger partial charge in [0, 0.05) is 75.6 Å². The summed E-state index contributed by atoms with van der Waals surface area (Å²) in [5.41, 5.74) is 26.9. The van der Waals surface area contributed by atoms with Crippen LogP contribution in [0.5, 0.6) is 11.5 Å². The Morgan fingerprint density at radius 3 is 1.78 bits per heavy atom. The number of hydrogen-bond donors (Lipinski definition) is 5. The Morgan fingerprint density at radius 2 is 1.27 bits per heavy atom. The summed E-state index contributed by atoms with van der Waals surface area (Å²) in [5.74, 6) is 2.79. The lowest BCUT2D eigenvalue weighted by Gasteiger charge is -2.37. The second-order valence-electron chi connectivity index (χ2n) is 11.0. The molecule has 4 atom stereocenters. The fourth-order valence-corrected chi connectivity index (χ4v) is 5.74. The molecular formula is C27H45N11O3. The molecule has 0 aliphatic carbocycles. The van der Waals surface area contributed by atoms with Crippen molar-refractivity contribution in [3.8, 4) is 11.5 Å². The van der Waals surface area contributed by atoms with Crippen LogP contribution in [0.1, 0.15) is 26.7 Å².